The van der Waals surface area contributed by atoms with E-state index in [1.54, 1.807) is 0 Å². The molecule has 0 radical (unpaired) electrons. The van der Waals surface area contributed by atoms with Gasteiger partial charge < -0.3 is 28.5 Å². The van der Waals surface area contributed by atoms with Crippen LogP contribution in [-0.2, 0) is 5.41 Å². The second-order valence-electron chi connectivity index (χ2n) is 6.87. The van der Waals surface area contributed by atoms with Crippen molar-refractivity contribution in [2.75, 3.05) is 27.7 Å². The van der Waals surface area contributed by atoms with E-state index in [1.165, 1.54) is 0 Å². The molecule has 122 valence electrons. The number of hydrogen-bond acceptors (Lipinski definition) is 1. The zero-order chi connectivity index (χ0) is 16.1. The second-order valence-corrected chi connectivity index (χ2v) is 6.87. The molecule has 0 aromatic heterocycles. The predicted octanol–water partition coefficient (Wildman–Crippen LogP) is 0.987. The van der Waals surface area contributed by atoms with E-state index < -0.39 is 5.41 Å². The van der Waals surface area contributed by atoms with Gasteiger partial charge in [0, 0.05) is 0 Å². The SMILES string of the molecule is C[N+](C)(C)CCCC(C#N)(c1ccccc1)c1ccccc1.[I-]. The first-order valence-electron chi connectivity index (χ1n) is 7.81. The fraction of sp³-hybridized carbons (Fsp3) is 0.350. The van der Waals surface area contributed by atoms with Crippen LogP contribution in [0.15, 0.2) is 60.7 Å². The third-order valence-electron chi connectivity index (χ3n) is 4.10. The summed E-state index contributed by atoms with van der Waals surface area (Å²) in [6.45, 7) is 1.06. The van der Waals surface area contributed by atoms with E-state index in [0.717, 1.165) is 35.0 Å². The minimum Gasteiger partial charge on any atom is -1.00 e. The Morgan fingerprint density at radius 3 is 1.65 bits per heavy atom. The Morgan fingerprint density at radius 2 is 1.30 bits per heavy atom. The molecule has 2 aromatic carbocycles. The van der Waals surface area contributed by atoms with Crippen LogP contribution in [0, 0.1) is 11.3 Å². The van der Waals surface area contributed by atoms with Gasteiger partial charge in [-0.15, -0.1) is 0 Å². The smallest absolute Gasteiger partial charge is 0.107 e. The Morgan fingerprint density at radius 1 is 0.870 bits per heavy atom. The zero-order valence-corrected chi connectivity index (χ0v) is 16.3. The predicted molar refractivity (Wildman–Crippen MR) is 91.4 cm³/mol. The van der Waals surface area contributed by atoms with Gasteiger partial charge in [-0.05, 0) is 24.0 Å². The molecule has 0 atom stereocenters. The van der Waals surface area contributed by atoms with Gasteiger partial charge in [-0.25, -0.2) is 0 Å². The molecule has 0 fully saturated rings. The first-order chi connectivity index (χ1) is 10.5. The van der Waals surface area contributed by atoms with Gasteiger partial charge in [0.15, 0.2) is 0 Å². The summed E-state index contributed by atoms with van der Waals surface area (Å²) in [6.07, 6.45) is 1.86. The lowest BCUT2D eigenvalue weighted by molar-refractivity contribution is -0.870. The molecule has 2 rings (SSSR count). The molecule has 0 heterocycles. The summed E-state index contributed by atoms with van der Waals surface area (Å²) in [6, 6.07) is 23.0. The van der Waals surface area contributed by atoms with E-state index in [9.17, 15) is 5.26 Å². The number of halogens is 1. The van der Waals surface area contributed by atoms with Crippen molar-refractivity contribution in [1.29, 1.82) is 5.26 Å². The summed E-state index contributed by atoms with van der Waals surface area (Å²) in [4.78, 5) is 0. The molecule has 3 heteroatoms. The highest BCUT2D eigenvalue weighted by molar-refractivity contribution is 5.45. The van der Waals surface area contributed by atoms with Gasteiger partial charge in [0.2, 0.25) is 0 Å². The van der Waals surface area contributed by atoms with Gasteiger partial charge in [-0.1, -0.05) is 60.7 Å². The molecule has 0 aliphatic carbocycles. The van der Waals surface area contributed by atoms with Gasteiger partial charge in [0.05, 0.1) is 33.8 Å². The van der Waals surface area contributed by atoms with Crippen molar-refractivity contribution in [3.8, 4) is 6.07 Å². The number of hydrogen-bond donors (Lipinski definition) is 0. The highest BCUT2D eigenvalue weighted by Crippen LogP contribution is 2.36. The number of rotatable bonds is 6. The van der Waals surface area contributed by atoms with Crippen LogP contribution in [0.5, 0.6) is 0 Å². The van der Waals surface area contributed by atoms with Crippen molar-refractivity contribution >= 4 is 0 Å². The molecule has 0 saturated carbocycles. The monoisotopic (exact) mass is 420 g/mol. The van der Waals surface area contributed by atoms with Gasteiger partial charge in [-0.2, -0.15) is 5.26 Å². The molecule has 0 saturated heterocycles. The van der Waals surface area contributed by atoms with Crippen molar-refractivity contribution in [1.82, 2.24) is 0 Å². The number of nitrogens with zero attached hydrogens (tertiary/aromatic N) is 2. The van der Waals surface area contributed by atoms with Crippen molar-refractivity contribution in [2.45, 2.75) is 18.3 Å². The van der Waals surface area contributed by atoms with E-state index in [2.05, 4.69) is 51.5 Å². The Kier molecular flexibility index (Phi) is 7.24. The van der Waals surface area contributed by atoms with Gasteiger partial charge in [0.25, 0.3) is 0 Å². The molecule has 0 amide bonds. The van der Waals surface area contributed by atoms with E-state index in [0.29, 0.717) is 0 Å². The summed E-state index contributed by atoms with van der Waals surface area (Å²) >= 11 is 0. The summed E-state index contributed by atoms with van der Waals surface area (Å²) in [7, 11) is 6.58. The molecule has 23 heavy (non-hydrogen) atoms. The summed E-state index contributed by atoms with van der Waals surface area (Å²) in [5.74, 6) is 0. The van der Waals surface area contributed by atoms with E-state index in [1.807, 2.05) is 36.4 Å². The van der Waals surface area contributed by atoms with Crippen LogP contribution >= 0.6 is 0 Å². The van der Waals surface area contributed by atoms with Crippen molar-refractivity contribution in [2.24, 2.45) is 0 Å². The summed E-state index contributed by atoms with van der Waals surface area (Å²) in [5, 5.41) is 10.1. The zero-order valence-electron chi connectivity index (χ0n) is 14.2. The van der Waals surface area contributed by atoms with Crippen LogP contribution in [0.25, 0.3) is 0 Å². The topological polar surface area (TPSA) is 23.8 Å². The van der Waals surface area contributed by atoms with Crippen LogP contribution in [0.1, 0.15) is 24.0 Å². The fourth-order valence-electron chi connectivity index (χ4n) is 2.90. The highest BCUT2D eigenvalue weighted by Gasteiger charge is 2.34. The lowest BCUT2D eigenvalue weighted by Gasteiger charge is -2.30. The minimum absolute atomic E-state index is 0. The van der Waals surface area contributed by atoms with Crippen LogP contribution in [0.3, 0.4) is 0 Å². The molecule has 0 spiro atoms. The van der Waals surface area contributed by atoms with Crippen molar-refractivity contribution in [3.05, 3.63) is 71.8 Å². The minimum atomic E-state index is -0.558. The van der Waals surface area contributed by atoms with E-state index >= 15 is 0 Å². The molecule has 0 bridgehead atoms. The molecule has 2 aromatic rings. The van der Waals surface area contributed by atoms with Crippen LogP contribution in [-0.4, -0.2) is 32.2 Å². The maximum absolute atomic E-state index is 10.1. The molecule has 0 aliphatic heterocycles. The van der Waals surface area contributed by atoms with Gasteiger partial charge in [-0.3, -0.25) is 0 Å². The molecular formula is C20H25IN2. The maximum atomic E-state index is 10.1. The molecule has 0 aliphatic rings. The fourth-order valence-corrected chi connectivity index (χ4v) is 2.90. The van der Waals surface area contributed by atoms with Gasteiger partial charge in [0.1, 0.15) is 5.41 Å². The normalized spacial score (nSPS) is 11.4. The van der Waals surface area contributed by atoms with Crippen molar-refractivity contribution in [3.63, 3.8) is 0 Å². The number of benzene rings is 2. The molecular weight excluding hydrogens is 395 g/mol. The Balaban J connectivity index is 0.00000264. The average Bonchev–Trinajstić information content (AvgIpc) is 2.52. The Hall–Kier alpha value is -1.38. The second kappa shape index (κ2) is 8.47. The summed E-state index contributed by atoms with van der Waals surface area (Å²) in [5.41, 5.74) is 1.62. The van der Waals surface area contributed by atoms with Crippen molar-refractivity contribution < 1.29 is 28.5 Å². The lowest BCUT2D eigenvalue weighted by atomic mass is 9.72. The molecule has 2 nitrogen and oxygen atoms in total. The van der Waals surface area contributed by atoms with E-state index in [-0.39, 0.29) is 24.0 Å². The lowest BCUT2D eigenvalue weighted by Crippen LogP contribution is -3.00. The first kappa shape index (κ1) is 19.7. The largest absolute Gasteiger partial charge is 1.00 e. The molecule has 0 N–H and O–H groups in total. The summed E-state index contributed by atoms with van der Waals surface area (Å²) < 4.78 is 0.922. The van der Waals surface area contributed by atoms with Crippen LogP contribution in [0.4, 0.5) is 0 Å². The van der Waals surface area contributed by atoms with E-state index in [4.69, 9.17) is 0 Å². The third-order valence-corrected chi connectivity index (χ3v) is 4.10. The number of quaternary nitrogens is 1. The maximum Gasteiger partial charge on any atom is 0.107 e. The highest BCUT2D eigenvalue weighted by atomic mass is 127. The molecule has 0 unspecified atom stereocenters. The standard InChI is InChI=1S/C20H25N2.HI/c1-22(2,3)16-10-15-20(17-21,18-11-6-4-7-12-18)19-13-8-5-9-14-19;/h4-9,11-14H,10,15-16H2,1-3H3;1H/q+1;/p-1. The number of nitriles is 1. The Bertz CT molecular complexity index is 585. The third kappa shape index (κ3) is 5.05. The quantitative estimate of drug-likeness (QED) is 0.505. The van der Waals surface area contributed by atoms with Crippen LogP contribution < -0.4 is 24.0 Å². The van der Waals surface area contributed by atoms with Gasteiger partial charge >= 0.3 is 0 Å². The van der Waals surface area contributed by atoms with Crippen LogP contribution in [0.2, 0.25) is 0 Å². The average molecular weight is 420 g/mol. The first-order valence-corrected chi connectivity index (χ1v) is 7.81. The Labute approximate surface area is 157 Å².